The Morgan fingerprint density at radius 3 is 2.38 bits per heavy atom. The Balaban J connectivity index is 1.67. The molecule has 0 N–H and O–H groups in total. The van der Waals surface area contributed by atoms with Crippen LogP contribution in [0.25, 0.3) is 5.52 Å². The van der Waals surface area contributed by atoms with Crippen LogP contribution in [0, 0.1) is 0 Å². The third-order valence-corrected chi connectivity index (χ3v) is 5.50. The van der Waals surface area contributed by atoms with Crippen LogP contribution in [0.2, 0.25) is 0 Å². The van der Waals surface area contributed by atoms with E-state index in [0.29, 0.717) is 24.3 Å². The third-order valence-electron chi connectivity index (χ3n) is 5.50. The summed E-state index contributed by atoms with van der Waals surface area (Å²) in [7, 11) is 1.72. The molecule has 7 heteroatoms. The van der Waals surface area contributed by atoms with Gasteiger partial charge in [-0.25, -0.2) is 4.98 Å². The topological polar surface area (TPSA) is 61.2 Å². The average Bonchev–Trinajstić information content (AvgIpc) is 3.18. The van der Waals surface area contributed by atoms with Gasteiger partial charge in [0.25, 0.3) is 11.8 Å². The maximum absolute atomic E-state index is 13.2. The molecular formula is C22H25N5O2. The Labute approximate surface area is 170 Å². The minimum atomic E-state index is -0.257. The van der Waals surface area contributed by atoms with E-state index >= 15 is 0 Å². The van der Waals surface area contributed by atoms with Gasteiger partial charge in [0, 0.05) is 45.1 Å². The normalized spacial score (nSPS) is 14.9. The largest absolute Gasteiger partial charge is 0.335 e. The molecule has 29 heavy (non-hydrogen) atoms. The van der Waals surface area contributed by atoms with E-state index in [1.165, 1.54) is 0 Å². The zero-order valence-corrected chi connectivity index (χ0v) is 16.8. The maximum atomic E-state index is 13.2. The Morgan fingerprint density at radius 1 is 1.00 bits per heavy atom. The second kappa shape index (κ2) is 8.05. The number of likely N-dealkylation sites (N-methyl/N-ethyl adjacent to an activating group) is 1. The molecule has 4 rings (SSSR count). The number of benzene rings is 1. The zero-order valence-electron chi connectivity index (χ0n) is 16.8. The number of carbonyl (C=O) groups excluding carboxylic acids is 2. The van der Waals surface area contributed by atoms with Gasteiger partial charge in [-0.15, -0.1) is 0 Å². The summed E-state index contributed by atoms with van der Waals surface area (Å²) < 4.78 is 1.71. The number of carbonyl (C=O) groups is 2. The van der Waals surface area contributed by atoms with Crippen LogP contribution in [0.15, 0.2) is 54.7 Å². The van der Waals surface area contributed by atoms with E-state index in [9.17, 15) is 9.59 Å². The zero-order chi connectivity index (χ0) is 20.4. The van der Waals surface area contributed by atoms with Gasteiger partial charge in [0.15, 0.2) is 5.69 Å². The summed E-state index contributed by atoms with van der Waals surface area (Å²) in [5, 5.41) is 0. The highest BCUT2D eigenvalue weighted by Crippen LogP contribution is 2.20. The molecule has 1 aliphatic heterocycles. The van der Waals surface area contributed by atoms with Crippen molar-refractivity contribution in [2.45, 2.75) is 6.92 Å². The fourth-order valence-electron chi connectivity index (χ4n) is 3.68. The molecule has 3 aromatic rings. The van der Waals surface area contributed by atoms with Crippen LogP contribution in [0.1, 0.15) is 28.0 Å². The molecule has 1 fully saturated rings. The Kier molecular flexibility index (Phi) is 5.31. The lowest BCUT2D eigenvalue weighted by Gasteiger charge is -2.33. The number of imidazole rings is 1. The van der Waals surface area contributed by atoms with Crippen molar-refractivity contribution in [1.29, 1.82) is 0 Å². The van der Waals surface area contributed by atoms with Crippen molar-refractivity contribution in [3.05, 3.63) is 66.2 Å². The van der Waals surface area contributed by atoms with E-state index in [-0.39, 0.29) is 17.6 Å². The van der Waals surface area contributed by atoms with Crippen LogP contribution in [-0.2, 0) is 0 Å². The minimum Gasteiger partial charge on any atom is -0.335 e. The first kappa shape index (κ1) is 19.1. The van der Waals surface area contributed by atoms with Crippen LogP contribution in [0.4, 0.5) is 5.69 Å². The SMILES string of the molecule is CCN1CCN(C(=O)c2nc(C(=O)N(C)c3ccccc3)n3ccccc23)CC1. The fraction of sp³-hybridized carbons (Fsp3) is 0.318. The highest BCUT2D eigenvalue weighted by molar-refractivity contribution is 6.07. The smallest absolute Gasteiger partial charge is 0.294 e. The molecule has 0 unspecified atom stereocenters. The first-order valence-electron chi connectivity index (χ1n) is 9.92. The van der Waals surface area contributed by atoms with Gasteiger partial charge in [-0.1, -0.05) is 31.2 Å². The van der Waals surface area contributed by atoms with Crippen LogP contribution in [0.5, 0.6) is 0 Å². The molecule has 1 aliphatic rings. The summed E-state index contributed by atoms with van der Waals surface area (Å²) in [5.74, 6) is -0.138. The molecular weight excluding hydrogens is 366 g/mol. The van der Waals surface area contributed by atoms with Crippen molar-refractivity contribution < 1.29 is 9.59 Å². The minimum absolute atomic E-state index is 0.120. The molecule has 7 nitrogen and oxygen atoms in total. The number of hydrogen-bond donors (Lipinski definition) is 0. The van der Waals surface area contributed by atoms with Crippen molar-refractivity contribution >= 4 is 23.0 Å². The summed E-state index contributed by atoms with van der Waals surface area (Å²) in [6.45, 7) is 6.17. The molecule has 0 aliphatic carbocycles. The number of aromatic nitrogens is 2. The third kappa shape index (κ3) is 3.61. The fourth-order valence-corrected chi connectivity index (χ4v) is 3.68. The van der Waals surface area contributed by atoms with E-state index in [2.05, 4.69) is 16.8 Å². The van der Waals surface area contributed by atoms with Gasteiger partial charge in [-0.3, -0.25) is 14.0 Å². The van der Waals surface area contributed by atoms with Crippen molar-refractivity contribution in [2.75, 3.05) is 44.7 Å². The van der Waals surface area contributed by atoms with Gasteiger partial charge >= 0.3 is 0 Å². The van der Waals surface area contributed by atoms with Gasteiger partial charge in [0.1, 0.15) is 0 Å². The predicted octanol–water partition coefficient (Wildman–Crippen LogP) is 2.39. The molecule has 0 spiro atoms. The second-order valence-corrected chi connectivity index (χ2v) is 7.17. The molecule has 1 aromatic carbocycles. The molecule has 1 saturated heterocycles. The monoisotopic (exact) mass is 391 g/mol. The number of anilines is 1. The molecule has 0 atom stereocenters. The summed E-state index contributed by atoms with van der Waals surface area (Å²) in [6, 6.07) is 14.9. The van der Waals surface area contributed by atoms with E-state index in [1.54, 1.807) is 22.5 Å². The molecule has 0 bridgehead atoms. The van der Waals surface area contributed by atoms with Crippen LogP contribution >= 0.6 is 0 Å². The molecule has 0 radical (unpaired) electrons. The summed E-state index contributed by atoms with van der Waals surface area (Å²) in [6.07, 6.45) is 1.78. The van der Waals surface area contributed by atoms with E-state index in [4.69, 9.17) is 0 Å². The number of amides is 2. The van der Waals surface area contributed by atoms with Gasteiger partial charge in [0.2, 0.25) is 5.82 Å². The lowest BCUT2D eigenvalue weighted by atomic mass is 10.2. The highest BCUT2D eigenvalue weighted by atomic mass is 16.2. The van der Waals surface area contributed by atoms with E-state index < -0.39 is 0 Å². The number of piperazine rings is 1. The highest BCUT2D eigenvalue weighted by Gasteiger charge is 2.28. The number of nitrogens with zero attached hydrogens (tertiary/aromatic N) is 5. The van der Waals surface area contributed by atoms with Gasteiger partial charge in [-0.2, -0.15) is 0 Å². The van der Waals surface area contributed by atoms with Crippen molar-refractivity contribution in [1.82, 2.24) is 19.2 Å². The summed E-state index contributed by atoms with van der Waals surface area (Å²) in [4.78, 5) is 36.6. The van der Waals surface area contributed by atoms with E-state index in [1.807, 2.05) is 53.4 Å². The number of rotatable bonds is 4. The van der Waals surface area contributed by atoms with Gasteiger partial charge in [-0.05, 0) is 30.8 Å². The number of para-hydroxylation sites is 1. The first-order chi connectivity index (χ1) is 14.1. The Hall–Kier alpha value is -3.19. The van der Waals surface area contributed by atoms with Gasteiger partial charge in [0.05, 0.1) is 5.52 Å². The van der Waals surface area contributed by atoms with Crippen molar-refractivity contribution in [3.8, 4) is 0 Å². The predicted molar refractivity (Wildman–Crippen MR) is 112 cm³/mol. The summed E-state index contributed by atoms with van der Waals surface area (Å²) >= 11 is 0. The van der Waals surface area contributed by atoms with Crippen LogP contribution in [0.3, 0.4) is 0 Å². The van der Waals surface area contributed by atoms with Crippen molar-refractivity contribution in [3.63, 3.8) is 0 Å². The molecule has 150 valence electrons. The molecule has 3 heterocycles. The van der Waals surface area contributed by atoms with E-state index in [0.717, 1.165) is 25.3 Å². The quantitative estimate of drug-likeness (QED) is 0.685. The lowest BCUT2D eigenvalue weighted by molar-refractivity contribution is 0.0640. The standard InChI is InChI=1S/C22H25N5O2/c1-3-25-13-15-26(16-14-25)21(28)19-18-11-7-8-12-27(18)20(23-19)22(29)24(2)17-9-5-4-6-10-17/h4-12H,3,13-16H2,1-2H3. The first-order valence-corrected chi connectivity index (χ1v) is 9.92. The van der Waals surface area contributed by atoms with Gasteiger partial charge < -0.3 is 14.7 Å². The van der Waals surface area contributed by atoms with Crippen molar-refractivity contribution in [2.24, 2.45) is 0 Å². The lowest BCUT2D eigenvalue weighted by Crippen LogP contribution is -2.48. The Morgan fingerprint density at radius 2 is 1.69 bits per heavy atom. The molecule has 0 saturated carbocycles. The van der Waals surface area contributed by atoms with Crippen LogP contribution < -0.4 is 4.90 Å². The maximum Gasteiger partial charge on any atom is 0.294 e. The second-order valence-electron chi connectivity index (χ2n) is 7.17. The average molecular weight is 391 g/mol. The van der Waals surface area contributed by atoms with Crippen LogP contribution in [-0.4, -0.2) is 70.8 Å². The number of fused-ring (bicyclic) bond motifs is 1. The molecule has 2 aromatic heterocycles. The Bertz CT molecular complexity index is 1020. The summed E-state index contributed by atoms with van der Waals surface area (Å²) in [5.41, 5.74) is 1.76. The number of hydrogen-bond acceptors (Lipinski definition) is 4. The molecule has 2 amide bonds. The number of pyridine rings is 1.